The second-order valence-corrected chi connectivity index (χ2v) is 9.54. The second-order valence-electron chi connectivity index (χ2n) is 9.54. The summed E-state index contributed by atoms with van der Waals surface area (Å²) >= 11 is 0. The van der Waals surface area contributed by atoms with Crippen LogP contribution in [0, 0.1) is 5.92 Å². The number of amides is 3. The van der Waals surface area contributed by atoms with Gasteiger partial charge in [-0.3, -0.25) is 4.79 Å². The fourth-order valence-electron chi connectivity index (χ4n) is 3.96. The number of ether oxygens (including phenoxy) is 2. The average Bonchev–Trinajstić information content (AvgIpc) is 3.27. The minimum atomic E-state index is -0.582. The lowest BCUT2D eigenvalue weighted by Gasteiger charge is -2.24. The summed E-state index contributed by atoms with van der Waals surface area (Å²) in [6, 6.07) is 7.74. The van der Waals surface area contributed by atoms with Crippen molar-refractivity contribution in [1.82, 2.24) is 9.80 Å². The minimum Gasteiger partial charge on any atom is -0.447 e. The van der Waals surface area contributed by atoms with Gasteiger partial charge in [0.2, 0.25) is 5.91 Å². The van der Waals surface area contributed by atoms with Crippen LogP contribution in [0.25, 0.3) is 0 Å². The van der Waals surface area contributed by atoms with Gasteiger partial charge in [0, 0.05) is 39.3 Å². The third-order valence-electron chi connectivity index (χ3n) is 5.55. The largest absolute Gasteiger partial charge is 0.447 e. The number of cyclic esters (lactones) is 1. The van der Waals surface area contributed by atoms with Gasteiger partial charge >= 0.3 is 12.2 Å². The van der Waals surface area contributed by atoms with Gasteiger partial charge in [-0.25, -0.2) is 14.5 Å². The first kappa shape index (κ1) is 22.9. The number of likely N-dealkylation sites (tertiary alicyclic amines) is 1. The van der Waals surface area contributed by atoms with E-state index in [1.165, 1.54) is 4.90 Å². The standard InChI is InChI=1S/C23H33N3O5/c1-23(2,3)31-21(28)25-11-10-17(14-25)13-20(27)26-19(15-30-22(26)29)12-16-6-8-18(9-7-16)24(4)5/h6-9,17,19H,10-15H2,1-5H3/t17-,19+/m1/s1. The van der Waals surface area contributed by atoms with Crippen molar-refractivity contribution in [3.63, 3.8) is 0 Å². The molecule has 8 heteroatoms. The zero-order valence-electron chi connectivity index (χ0n) is 19.1. The number of hydrogen-bond donors (Lipinski definition) is 0. The lowest BCUT2D eigenvalue weighted by atomic mass is 10.0. The second kappa shape index (κ2) is 9.16. The summed E-state index contributed by atoms with van der Waals surface area (Å²) in [5.41, 5.74) is 1.58. The Bertz CT molecular complexity index is 815. The van der Waals surface area contributed by atoms with Gasteiger partial charge in [-0.2, -0.15) is 0 Å². The van der Waals surface area contributed by atoms with Crippen LogP contribution in [0.4, 0.5) is 15.3 Å². The van der Waals surface area contributed by atoms with Crippen molar-refractivity contribution < 1.29 is 23.9 Å². The molecular weight excluding hydrogens is 398 g/mol. The van der Waals surface area contributed by atoms with Crippen molar-refractivity contribution in [1.29, 1.82) is 0 Å². The molecule has 2 heterocycles. The smallest absolute Gasteiger partial charge is 0.416 e. The molecule has 0 spiro atoms. The van der Waals surface area contributed by atoms with Crippen LogP contribution in [0.15, 0.2) is 24.3 Å². The molecule has 0 aromatic heterocycles. The van der Waals surface area contributed by atoms with Crippen molar-refractivity contribution in [3.05, 3.63) is 29.8 Å². The molecule has 2 fully saturated rings. The minimum absolute atomic E-state index is 0.00782. The highest BCUT2D eigenvalue weighted by Gasteiger charge is 2.40. The topological polar surface area (TPSA) is 79.4 Å². The van der Waals surface area contributed by atoms with E-state index in [1.807, 2.05) is 64.0 Å². The van der Waals surface area contributed by atoms with E-state index in [1.54, 1.807) is 4.90 Å². The van der Waals surface area contributed by atoms with Gasteiger partial charge in [0.1, 0.15) is 12.2 Å². The SMILES string of the molecule is CN(C)c1ccc(C[C@H]2COC(=O)N2C(=O)C[C@H]2CCN(C(=O)OC(C)(C)C)C2)cc1. The Balaban J connectivity index is 1.57. The van der Waals surface area contributed by atoms with E-state index in [9.17, 15) is 14.4 Å². The molecule has 2 aliphatic heterocycles. The summed E-state index contributed by atoms with van der Waals surface area (Å²) in [5.74, 6) is -0.234. The van der Waals surface area contributed by atoms with Crippen molar-refractivity contribution in [2.24, 2.45) is 5.92 Å². The van der Waals surface area contributed by atoms with Crippen LogP contribution < -0.4 is 4.90 Å². The Kier molecular flexibility index (Phi) is 6.77. The van der Waals surface area contributed by atoms with Gasteiger partial charge in [0.05, 0.1) is 6.04 Å². The summed E-state index contributed by atoms with van der Waals surface area (Å²) in [7, 11) is 3.96. The van der Waals surface area contributed by atoms with E-state index in [4.69, 9.17) is 9.47 Å². The maximum atomic E-state index is 12.9. The van der Waals surface area contributed by atoms with Crippen LogP contribution in [0.3, 0.4) is 0 Å². The highest BCUT2D eigenvalue weighted by Crippen LogP contribution is 2.26. The summed E-state index contributed by atoms with van der Waals surface area (Å²) in [4.78, 5) is 42.4. The number of nitrogens with zero attached hydrogens (tertiary/aromatic N) is 3. The van der Waals surface area contributed by atoms with Gasteiger partial charge in [0.15, 0.2) is 0 Å². The summed E-state index contributed by atoms with van der Waals surface area (Å²) in [6.45, 7) is 6.70. The summed E-state index contributed by atoms with van der Waals surface area (Å²) in [5, 5.41) is 0. The predicted octanol–water partition coefficient (Wildman–Crippen LogP) is 3.29. The van der Waals surface area contributed by atoms with E-state index >= 15 is 0 Å². The van der Waals surface area contributed by atoms with Gasteiger partial charge in [-0.15, -0.1) is 0 Å². The molecule has 0 radical (unpaired) electrons. The number of imide groups is 1. The third kappa shape index (κ3) is 5.89. The van der Waals surface area contributed by atoms with E-state index in [0.717, 1.165) is 11.3 Å². The number of benzene rings is 1. The van der Waals surface area contributed by atoms with Crippen LogP contribution in [-0.2, 0) is 20.7 Å². The van der Waals surface area contributed by atoms with E-state index in [-0.39, 0.29) is 37.0 Å². The molecule has 0 aliphatic carbocycles. The van der Waals surface area contributed by atoms with Crippen molar-refractivity contribution in [2.75, 3.05) is 38.7 Å². The fourth-order valence-corrected chi connectivity index (χ4v) is 3.96. The van der Waals surface area contributed by atoms with Crippen molar-refractivity contribution >= 4 is 23.8 Å². The Hall–Kier alpha value is -2.77. The Morgan fingerprint density at radius 3 is 2.48 bits per heavy atom. The molecule has 1 aromatic rings. The first-order valence-electron chi connectivity index (χ1n) is 10.8. The molecule has 3 amide bonds. The molecular formula is C23H33N3O5. The zero-order valence-corrected chi connectivity index (χ0v) is 19.1. The Labute approximate surface area is 184 Å². The maximum absolute atomic E-state index is 12.9. The number of anilines is 1. The molecule has 0 bridgehead atoms. The molecule has 0 saturated carbocycles. The maximum Gasteiger partial charge on any atom is 0.416 e. The zero-order chi connectivity index (χ0) is 22.8. The molecule has 1 aromatic carbocycles. The lowest BCUT2D eigenvalue weighted by Crippen LogP contribution is -2.41. The van der Waals surface area contributed by atoms with Crippen LogP contribution in [0.5, 0.6) is 0 Å². The molecule has 31 heavy (non-hydrogen) atoms. The molecule has 0 N–H and O–H groups in total. The monoisotopic (exact) mass is 431 g/mol. The number of carbonyl (C=O) groups is 3. The number of hydrogen-bond acceptors (Lipinski definition) is 6. The van der Waals surface area contributed by atoms with Crippen LogP contribution >= 0.6 is 0 Å². The van der Waals surface area contributed by atoms with Gasteiger partial charge in [-0.1, -0.05) is 12.1 Å². The number of carbonyl (C=O) groups excluding carboxylic acids is 3. The van der Waals surface area contributed by atoms with Crippen LogP contribution in [0.1, 0.15) is 39.2 Å². The average molecular weight is 432 g/mol. The van der Waals surface area contributed by atoms with Gasteiger partial charge in [-0.05, 0) is 57.2 Å². The molecule has 0 unspecified atom stereocenters. The highest BCUT2D eigenvalue weighted by molar-refractivity contribution is 5.93. The predicted molar refractivity (Wildman–Crippen MR) is 117 cm³/mol. The summed E-state index contributed by atoms with van der Waals surface area (Å²) in [6.07, 6.45) is 0.540. The third-order valence-corrected chi connectivity index (χ3v) is 5.55. The molecule has 8 nitrogen and oxygen atoms in total. The van der Waals surface area contributed by atoms with Gasteiger partial charge in [0.25, 0.3) is 0 Å². The number of rotatable bonds is 5. The van der Waals surface area contributed by atoms with E-state index < -0.39 is 11.7 Å². The van der Waals surface area contributed by atoms with Crippen molar-refractivity contribution in [2.45, 2.75) is 51.7 Å². The summed E-state index contributed by atoms with van der Waals surface area (Å²) < 4.78 is 10.6. The molecule has 2 atom stereocenters. The van der Waals surface area contributed by atoms with E-state index in [0.29, 0.717) is 25.9 Å². The lowest BCUT2D eigenvalue weighted by molar-refractivity contribution is -0.130. The Morgan fingerprint density at radius 2 is 1.87 bits per heavy atom. The Morgan fingerprint density at radius 1 is 1.19 bits per heavy atom. The van der Waals surface area contributed by atoms with Crippen LogP contribution in [0.2, 0.25) is 0 Å². The fraction of sp³-hybridized carbons (Fsp3) is 0.609. The first-order valence-corrected chi connectivity index (χ1v) is 10.8. The van der Waals surface area contributed by atoms with Crippen LogP contribution in [-0.4, -0.2) is 73.3 Å². The molecule has 170 valence electrons. The normalized spacial score (nSPS) is 21.3. The molecule has 2 saturated heterocycles. The van der Waals surface area contributed by atoms with Gasteiger partial charge < -0.3 is 19.3 Å². The first-order chi connectivity index (χ1) is 14.5. The highest BCUT2D eigenvalue weighted by atomic mass is 16.6. The van der Waals surface area contributed by atoms with Crippen molar-refractivity contribution in [3.8, 4) is 0 Å². The molecule has 3 rings (SSSR count). The van der Waals surface area contributed by atoms with E-state index in [2.05, 4.69) is 0 Å². The quantitative estimate of drug-likeness (QED) is 0.712. The molecule has 2 aliphatic rings.